The highest BCUT2D eigenvalue weighted by Gasteiger charge is 2.35. The summed E-state index contributed by atoms with van der Waals surface area (Å²) in [5, 5.41) is 9.26. The summed E-state index contributed by atoms with van der Waals surface area (Å²) in [5.74, 6) is 4.88. The monoisotopic (exact) mass is 409 g/mol. The van der Waals surface area contributed by atoms with Crippen molar-refractivity contribution in [1.29, 1.82) is 0 Å². The van der Waals surface area contributed by atoms with E-state index in [-0.39, 0.29) is 17.1 Å². The Morgan fingerprint density at radius 1 is 1.07 bits per heavy atom. The van der Waals surface area contributed by atoms with Gasteiger partial charge in [-0.15, -0.1) is 5.92 Å². The van der Waals surface area contributed by atoms with Crippen LogP contribution in [0.3, 0.4) is 0 Å². The van der Waals surface area contributed by atoms with Crippen LogP contribution in [-0.2, 0) is 14.6 Å². The third-order valence-electron chi connectivity index (χ3n) is 4.37. The van der Waals surface area contributed by atoms with Gasteiger partial charge in [-0.25, -0.2) is 13.9 Å². The normalized spacial score (nSPS) is 11.9. The zero-order valence-electron chi connectivity index (χ0n) is 15.6. The molecule has 3 aromatic carbocycles. The average molecular weight is 409 g/mol. The highest BCUT2D eigenvalue weighted by atomic mass is 32.2. The van der Waals surface area contributed by atoms with Crippen molar-refractivity contribution >= 4 is 26.5 Å². The van der Waals surface area contributed by atoms with Gasteiger partial charge >= 0.3 is 0 Å². The molecule has 1 atom stereocenters. The third-order valence-corrected chi connectivity index (χ3v) is 6.41. The van der Waals surface area contributed by atoms with Crippen LogP contribution in [0.15, 0.2) is 71.6 Å². The van der Waals surface area contributed by atoms with E-state index in [1.54, 1.807) is 25.1 Å². The van der Waals surface area contributed by atoms with Crippen molar-refractivity contribution in [1.82, 2.24) is 5.48 Å². The molecule has 0 saturated carbocycles. The highest BCUT2D eigenvalue weighted by molar-refractivity contribution is 7.92. The molecular formula is C22H19NO5S. The maximum Gasteiger partial charge on any atom is 0.266 e. The molecule has 1 unspecified atom stereocenters. The van der Waals surface area contributed by atoms with Crippen molar-refractivity contribution in [3.8, 4) is 17.6 Å². The van der Waals surface area contributed by atoms with Crippen LogP contribution in [0.4, 0.5) is 0 Å². The Balaban J connectivity index is 2.00. The molecule has 0 bridgehead atoms. The molecule has 0 aliphatic rings. The van der Waals surface area contributed by atoms with Crippen molar-refractivity contribution in [2.75, 3.05) is 6.61 Å². The van der Waals surface area contributed by atoms with Crippen molar-refractivity contribution in [2.24, 2.45) is 0 Å². The van der Waals surface area contributed by atoms with Crippen LogP contribution in [0.1, 0.15) is 17.7 Å². The van der Waals surface area contributed by atoms with E-state index in [1.165, 1.54) is 29.7 Å². The number of nitrogens with one attached hydrogen (secondary N) is 1. The van der Waals surface area contributed by atoms with Gasteiger partial charge in [-0.1, -0.05) is 42.3 Å². The van der Waals surface area contributed by atoms with Crippen LogP contribution in [0, 0.1) is 11.8 Å². The first kappa shape index (κ1) is 20.4. The number of benzene rings is 3. The Labute approximate surface area is 169 Å². The summed E-state index contributed by atoms with van der Waals surface area (Å²) in [6.07, 6.45) is 0. The van der Waals surface area contributed by atoms with Crippen LogP contribution in [0.25, 0.3) is 10.8 Å². The molecule has 0 aliphatic heterocycles. The van der Waals surface area contributed by atoms with Gasteiger partial charge < -0.3 is 4.74 Å². The van der Waals surface area contributed by atoms with E-state index in [9.17, 15) is 13.2 Å². The van der Waals surface area contributed by atoms with Crippen LogP contribution in [-0.4, -0.2) is 26.1 Å². The SMILES string of the molecule is CC#CCOc1ccc(S(=O)(=O)C(C(=O)NO)c2ccc3ccccc3c2)cc1. The first-order valence-electron chi connectivity index (χ1n) is 8.76. The summed E-state index contributed by atoms with van der Waals surface area (Å²) < 4.78 is 31.8. The first-order chi connectivity index (χ1) is 14.0. The molecule has 29 heavy (non-hydrogen) atoms. The van der Waals surface area contributed by atoms with E-state index < -0.39 is 21.0 Å². The van der Waals surface area contributed by atoms with Crippen LogP contribution >= 0.6 is 0 Å². The van der Waals surface area contributed by atoms with Crippen molar-refractivity contribution in [3.05, 3.63) is 72.3 Å². The van der Waals surface area contributed by atoms with E-state index in [1.807, 2.05) is 24.3 Å². The number of fused-ring (bicyclic) bond motifs is 1. The van der Waals surface area contributed by atoms with E-state index in [2.05, 4.69) is 11.8 Å². The van der Waals surface area contributed by atoms with Gasteiger partial charge in [0.1, 0.15) is 12.4 Å². The largest absolute Gasteiger partial charge is 0.481 e. The van der Waals surface area contributed by atoms with Gasteiger partial charge in [0.05, 0.1) is 4.90 Å². The molecule has 0 radical (unpaired) electrons. The summed E-state index contributed by atoms with van der Waals surface area (Å²) in [6.45, 7) is 1.88. The molecule has 3 aromatic rings. The second kappa shape index (κ2) is 8.78. The Morgan fingerprint density at radius 3 is 2.41 bits per heavy atom. The lowest BCUT2D eigenvalue weighted by atomic mass is 10.0. The van der Waals surface area contributed by atoms with E-state index in [0.717, 1.165) is 10.8 Å². The van der Waals surface area contributed by atoms with Gasteiger partial charge in [0.15, 0.2) is 15.1 Å². The Kier molecular flexibility index (Phi) is 6.17. The number of hydrogen-bond donors (Lipinski definition) is 2. The maximum absolute atomic E-state index is 13.2. The average Bonchev–Trinajstić information content (AvgIpc) is 2.74. The molecule has 3 rings (SSSR count). The van der Waals surface area contributed by atoms with Gasteiger partial charge in [-0.3, -0.25) is 10.0 Å². The minimum atomic E-state index is -4.13. The molecule has 0 aromatic heterocycles. The minimum Gasteiger partial charge on any atom is -0.481 e. The van der Waals surface area contributed by atoms with Crippen molar-refractivity contribution in [2.45, 2.75) is 17.1 Å². The number of hydrogen-bond acceptors (Lipinski definition) is 5. The fourth-order valence-electron chi connectivity index (χ4n) is 2.95. The molecule has 7 heteroatoms. The number of carbonyl (C=O) groups excluding carboxylic acids is 1. The zero-order chi connectivity index (χ0) is 20.9. The lowest BCUT2D eigenvalue weighted by Crippen LogP contribution is -2.31. The van der Waals surface area contributed by atoms with Gasteiger partial charge in [0, 0.05) is 0 Å². The quantitative estimate of drug-likeness (QED) is 0.370. The number of amides is 1. The molecule has 0 heterocycles. The standard InChI is InChI=1S/C22H19NO5S/c1-2-3-14-28-19-10-12-20(13-11-19)29(26,27)21(22(24)23-25)18-9-8-16-6-4-5-7-17(16)15-18/h4-13,15,21,25H,14H2,1H3,(H,23,24). The zero-order valence-corrected chi connectivity index (χ0v) is 16.4. The minimum absolute atomic E-state index is 0.0619. The molecular weight excluding hydrogens is 390 g/mol. The molecule has 1 amide bonds. The second-order valence-electron chi connectivity index (χ2n) is 6.19. The lowest BCUT2D eigenvalue weighted by Gasteiger charge is -2.17. The number of carbonyl (C=O) groups is 1. The fraction of sp³-hybridized carbons (Fsp3) is 0.136. The van der Waals surface area contributed by atoms with Crippen LogP contribution in [0.5, 0.6) is 5.75 Å². The molecule has 0 spiro atoms. The number of rotatable bonds is 6. The van der Waals surface area contributed by atoms with Gasteiger partial charge in [-0.2, -0.15) is 0 Å². The molecule has 0 saturated heterocycles. The summed E-state index contributed by atoms with van der Waals surface area (Å²) in [4.78, 5) is 12.3. The number of ether oxygens (including phenoxy) is 1. The third kappa shape index (κ3) is 4.40. The summed E-state index contributed by atoms with van der Waals surface area (Å²) in [6, 6.07) is 18.1. The van der Waals surface area contributed by atoms with Gasteiger partial charge in [-0.05, 0) is 53.6 Å². The molecule has 148 valence electrons. The van der Waals surface area contributed by atoms with E-state index >= 15 is 0 Å². The lowest BCUT2D eigenvalue weighted by molar-refractivity contribution is -0.128. The van der Waals surface area contributed by atoms with E-state index in [4.69, 9.17) is 9.94 Å². The molecule has 0 fully saturated rings. The first-order valence-corrected chi connectivity index (χ1v) is 10.3. The fourth-order valence-corrected chi connectivity index (χ4v) is 4.58. The van der Waals surface area contributed by atoms with Crippen LogP contribution < -0.4 is 10.2 Å². The molecule has 2 N–H and O–H groups in total. The number of sulfone groups is 1. The predicted molar refractivity (Wildman–Crippen MR) is 109 cm³/mol. The van der Waals surface area contributed by atoms with E-state index in [0.29, 0.717) is 5.75 Å². The van der Waals surface area contributed by atoms with Crippen molar-refractivity contribution in [3.63, 3.8) is 0 Å². The topological polar surface area (TPSA) is 92.7 Å². The molecule has 6 nitrogen and oxygen atoms in total. The summed E-state index contributed by atoms with van der Waals surface area (Å²) >= 11 is 0. The number of hydroxylamine groups is 1. The predicted octanol–water partition coefficient (Wildman–Crippen LogP) is 3.26. The maximum atomic E-state index is 13.2. The highest BCUT2D eigenvalue weighted by Crippen LogP contribution is 2.32. The summed E-state index contributed by atoms with van der Waals surface area (Å²) in [5.41, 5.74) is 1.73. The Bertz CT molecular complexity index is 1190. The Morgan fingerprint density at radius 2 is 1.76 bits per heavy atom. The summed E-state index contributed by atoms with van der Waals surface area (Å²) in [7, 11) is -4.13. The van der Waals surface area contributed by atoms with Crippen LogP contribution in [0.2, 0.25) is 0 Å². The second-order valence-corrected chi connectivity index (χ2v) is 8.23. The van der Waals surface area contributed by atoms with Gasteiger partial charge in [0.2, 0.25) is 0 Å². The van der Waals surface area contributed by atoms with Crippen molar-refractivity contribution < 1.29 is 23.2 Å². The Hall–Kier alpha value is -3.34. The smallest absolute Gasteiger partial charge is 0.266 e. The van der Waals surface area contributed by atoms with Gasteiger partial charge in [0.25, 0.3) is 5.91 Å². The molecule has 0 aliphatic carbocycles.